The number of fused-ring (bicyclic) bond motifs is 2. The normalized spacial score (nSPS) is 14.9. The van der Waals surface area contributed by atoms with Crippen LogP contribution in [-0.2, 0) is 27.1 Å². The average molecular weight is 501 g/mol. The van der Waals surface area contributed by atoms with Crippen LogP contribution >= 0.6 is 0 Å². The van der Waals surface area contributed by atoms with Gasteiger partial charge in [-0.2, -0.15) is 0 Å². The van der Waals surface area contributed by atoms with Gasteiger partial charge in [0.05, 0.1) is 6.61 Å². The number of carbonyl (C=O) groups is 1. The van der Waals surface area contributed by atoms with Gasteiger partial charge in [0.25, 0.3) is 0 Å². The number of ether oxygens (including phenoxy) is 3. The molecule has 3 aromatic carbocycles. The molecule has 0 heterocycles. The third-order valence-corrected chi connectivity index (χ3v) is 6.56. The molecular weight excluding hydrogens is 464 g/mol. The average Bonchev–Trinajstić information content (AvgIpc) is 3.03. The molecule has 0 saturated carbocycles. The maximum absolute atomic E-state index is 11.3. The van der Waals surface area contributed by atoms with Crippen LogP contribution in [0, 0.1) is 6.92 Å². The van der Waals surface area contributed by atoms with E-state index in [0.29, 0.717) is 26.2 Å². The van der Waals surface area contributed by atoms with Crippen LogP contribution in [0.15, 0.2) is 60.7 Å². The number of aryl methyl sites for hydroxylation is 2. The fourth-order valence-electron chi connectivity index (χ4n) is 4.74. The van der Waals surface area contributed by atoms with E-state index in [2.05, 4.69) is 62.4 Å². The van der Waals surface area contributed by atoms with Crippen molar-refractivity contribution in [3.8, 4) is 5.75 Å². The molecule has 1 N–H and O–H groups in total. The standard InChI is InChI=1S/C32H36O5/c1-4-6-23-10-16-29-26(20-23)12-11-25-19-22(3)7-15-28(25)31(29)37-18-17-36-27-13-8-24(9-14-27)21-30(32(33)34)35-5-2/h7-16,19-20,30-31H,4-6,17-18,21H2,1-3H3,(H,33,34). The third-order valence-electron chi connectivity index (χ3n) is 6.56. The van der Waals surface area contributed by atoms with E-state index in [-0.39, 0.29) is 6.10 Å². The van der Waals surface area contributed by atoms with Gasteiger partial charge in [-0.05, 0) is 65.8 Å². The summed E-state index contributed by atoms with van der Waals surface area (Å²) in [6, 6.07) is 20.7. The highest BCUT2D eigenvalue weighted by molar-refractivity contribution is 5.76. The number of benzene rings is 3. The first-order valence-electron chi connectivity index (χ1n) is 13.1. The molecule has 1 aliphatic rings. The highest BCUT2D eigenvalue weighted by Crippen LogP contribution is 2.36. The van der Waals surface area contributed by atoms with Crippen molar-refractivity contribution in [1.29, 1.82) is 0 Å². The summed E-state index contributed by atoms with van der Waals surface area (Å²) >= 11 is 0. The van der Waals surface area contributed by atoms with Crippen molar-refractivity contribution < 1.29 is 24.1 Å². The Morgan fingerprint density at radius 2 is 1.57 bits per heavy atom. The summed E-state index contributed by atoms with van der Waals surface area (Å²) in [6.45, 7) is 7.31. The highest BCUT2D eigenvalue weighted by Gasteiger charge is 2.23. The zero-order chi connectivity index (χ0) is 26.2. The molecule has 0 radical (unpaired) electrons. The Balaban J connectivity index is 1.41. The monoisotopic (exact) mass is 500 g/mol. The molecule has 5 nitrogen and oxygen atoms in total. The highest BCUT2D eigenvalue weighted by atomic mass is 16.5. The number of hydrogen-bond donors (Lipinski definition) is 1. The van der Waals surface area contributed by atoms with Gasteiger partial charge in [-0.1, -0.05) is 79.6 Å². The van der Waals surface area contributed by atoms with Crippen LogP contribution in [0.5, 0.6) is 5.75 Å². The second kappa shape index (κ2) is 12.7. The first-order chi connectivity index (χ1) is 18.0. The van der Waals surface area contributed by atoms with E-state index in [1.807, 2.05) is 24.3 Å². The van der Waals surface area contributed by atoms with E-state index in [1.54, 1.807) is 6.92 Å². The number of rotatable bonds is 12. The Morgan fingerprint density at radius 3 is 2.24 bits per heavy atom. The van der Waals surface area contributed by atoms with Gasteiger partial charge in [-0.3, -0.25) is 0 Å². The molecule has 2 atom stereocenters. The summed E-state index contributed by atoms with van der Waals surface area (Å²) < 4.78 is 17.7. The Labute approximate surface area is 219 Å². The summed E-state index contributed by atoms with van der Waals surface area (Å²) in [6.07, 6.45) is 5.88. The largest absolute Gasteiger partial charge is 0.491 e. The molecule has 1 aliphatic carbocycles. The van der Waals surface area contributed by atoms with E-state index in [4.69, 9.17) is 14.2 Å². The van der Waals surface area contributed by atoms with Gasteiger partial charge in [-0.25, -0.2) is 4.79 Å². The van der Waals surface area contributed by atoms with Gasteiger partial charge < -0.3 is 19.3 Å². The molecular formula is C32H36O5. The second-order valence-corrected chi connectivity index (χ2v) is 9.41. The minimum atomic E-state index is -0.951. The predicted octanol–water partition coefficient (Wildman–Crippen LogP) is 6.65. The molecule has 2 unspecified atom stereocenters. The first kappa shape index (κ1) is 26.6. The molecule has 0 bridgehead atoms. The minimum absolute atomic E-state index is 0.172. The van der Waals surface area contributed by atoms with Crippen molar-refractivity contribution in [3.63, 3.8) is 0 Å². The summed E-state index contributed by atoms with van der Waals surface area (Å²) in [5, 5.41) is 9.29. The van der Waals surface area contributed by atoms with Gasteiger partial charge in [0, 0.05) is 13.0 Å². The number of aliphatic carboxylic acids is 1. The van der Waals surface area contributed by atoms with Gasteiger partial charge in [0.15, 0.2) is 6.10 Å². The molecule has 3 aromatic rings. The summed E-state index contributed by atoms with van der Waals surface area (Å²) in [5.41, 5.74) is 8.17. The second-order valence-electron chi connectivity index (χ2n) is 9.41. The quantitative estimate of drug-likeness (QED) is 0.282. The minimum Gasteiger partial charge on any atom is -0.491 e. The topological polar surface area (TPSA) is 65.0 Å². The summed E-state index contributed by atoms with van der Waals surface area (Å²) in [5.74, 6) is -0.230. The van der Waals surface area contributed by atoms with Gasteiger partial charge in [-0.15, -0.1) is 0 Å². The molecule has 194 valence electrons. The number of carboxylic acid groups (broad SMARTS) is 1. The van der Waals surface area contributed by atoms with Gasteiger partial charge >= 0.3 is 5.97 Å². The van der Waals surface area contributed by atoms with Crippen LogP contribution in [0.4, 0.5) is 0 Å². The Morgan fingerprint density at radius 1 is 0.892 bits per heavy atom. The summed E-state index contributed by atoms with van der Waals surface area (Å²) in [7, 11) is 0. The number of hydrogen-bond acceptors (Lipinski definition) is 4. The van der Waals surface area contributed by atoms with Crippen LogP contribution in [-0.4, -0.2) is 37.0 Å². The van der Waals surface area contributed by atoms with Crippen molar-refractivity contribution in [2.24, 2.45) is 0 Å². The molecule has 0 fully saturated rings. The van der Waals surface area contributed by atoms with Crippen LogP contribution in [0.25, 0.3) is 12.2 Å². The molecule has 0 amide bonds. The molecule has 0 aromatic heterocycles. The van der Waals surface area contributed by atoms with Crippen molar-refractivity contribution in [1.82, 2.24) is 0 Å². The molecule has 0 spiro atoms. The molecule has 0 saturated heterocycles. The summed E-state index contributed by atoms with van der Waals surface area (Å²) in [4.78, 5) is 11.3. The lowest BCUT2D eigenvalue weighted by molar-refractivity contribution is -0.149. The van der Waals surface area contributed by atoms with Crippen LogP contribution < -0.4 is 4.74 Å². The van der Waals surface area contributed by atoms with E-state index < -0.39 is 12.1 Å². The van der Waals surface area contributed by atoms with E-state index in [0.717, 1.165) is 29.7 Å². The smallest absolute Gasteiger partial charge is 0.333 e. The Hall–Kier alpha value is -3.41. The van der Waals surface area contributed by atoms with E-state index in [9.17, 15) is 9.90 Å². The van der Waals surface area contributed by atoms with Crippen molar-refractivity contribution in [2.75, 3.05) is 19.8 Å². The fourth-order valence-corrected chi connectivity index (χ4v) is 4.74. The van der Waals surface area contributed by atoms with Gasteiger partial charge in [0.1, 0.15) is 18.5 Å². The van der Waals surface area contributed by atoms with Crippen molar-refractivity contribution in [3.05, 3.63) is 99.6 Å². The molecule has 4 rings (SSSR count). The lowest BCUT2D eigenvalue weighted by Gasteiger charge is -2.22. The van der Waals surface area contributed by atoms with E-state index >= 15 is 0 Å². The SMILES string of the molecule is CCCc1ccc2c(c1)C=Cc1cc(C)ccc1C2OCCOc1ccc(CC(OCC)C(=O)O)cc1. The maximum Gasteiger partial charge on any atom is 0.333 e. The van der Waals surface area contributed by atoms with Crippen LogP contribution in [0.3, 0.4) is 0 Å². The lowest BCUT2D eigenvalue weighted by Crippen LogP contribution is -2.26. The van der Waals surface area contributed by atoms with E-state index in [1.165, 1.54) is 27.8 Å². The molecule has 5 heteroatoms. The first-order valence-corrected chi connectivity index (χ1v) is 13.1. The predicted molar refractivity (Wildman–Crippen MR) is 147 cm³/mol. The zero-order valence-corrected chi connectivity index (χ0v) is 21.9. The molecule has 0 aliphatic heterocycles. The maximum atomic E-state index is 11.3. The van der Waals surface area contributed by atoms with Crippen molar-refractivity contribution in [2.45, 2.75) is 52.2 Å². The fraction of sp³-hybridized carbons (Fsp3) is 0.344. The number of carboxylic acids is 1. The third kappa shape index (κ3) is 6.88. The van der Waals surface area contributed by atoms with Crippen molar-refractivity contribution >= 4 is 18.1 Å². The van der Waals surface area contributed by atoms with Crippen LogP contribution in [0.2, 0.25) is 0 Å². The zero-order valence-electron chi connectivity index (χ0n) is 21.9. The molecule has 37 heavy (non-hydrogen) atoms. The van der Waals surface area contributed by atoms with Gasteiger partial charge in [0.2, 0.25) is 0 Å². The lowest BCUT2D eigenvalue weighted by atomic mass is 9.94. The Bertz CT molecular complexity index is 1230. The van der Waals surface area contributed by atoms with Crippen LogP contribution in [0.1, 0.15) is 65.3 Å². The Kier molecular flexibility index (Phi) is 9.15.